The summed E-state index contributed by atoms with van der Waals surface area (Å²) in [5.74, 6) is -0.546. The van der Waals surface area contributed by atoms with E-state index in [0.29, 0.717) is 43.6 Å². The zero-order valence-electron chi connectivity index (χ0n) is 20.8. The first kappa shape index (κ1) is 24.6. The Morgan fingerprint density at radius 2 is 1.62 bits per heavy atom. The third-order valence-corrected chi connectivity index (χ3v) is 7.23. The fourth-order valence-corrected chi connectivity index (χ4v) is 5.14. The lowest BCUT2D eigenvalue weighted by Gasteiger charge is -2.44. The van der Waals surface area contributed by atoms with E-state index in [4.69, 9.17) is 4.74 Å². The normalized spacial score (nSPS) is 18.6. The van der Waals surface area contributed by atoms with Crippen molar-refractivity contribution in [1.29, 1.82) is 0 Å². The summed E-state index contributed by atoms with van der Waals surface area (Å²) in [6.07, 6.45) is 4.20. The van der Waals surface area contributed by atoms with Crippen LogP contribution in [0, 0.1) is 6.92 Å². The highest BCUT2D eigenvalue weighted by atomic mass is 16.5. The Hall–Kier alpha value is -4.04. The minimum atomic E-state index is -0.950. The van der Waals surface area contributed by atoms with E-state index < -0.39 is 11.8 Å². The number of nitrogens with zero attached hydrogens (tertiary/aromatic N) is 3. The van der Waals surface area contributed by atoms with Gasteiger partial charge in [0.25, 0.3) is 11.8 Å². The molecule has 3 heterocycles. The first-order valence-electron chi connectivity index (χ1n) is 12.5. The summed E-state index contributed by atoms with van der Waals surface area (Å²) in [7, 11) is 0. The van der Waals surface area contributed by atoms with Crippen LogP contribution in [0.3, 0.4) is 0 Å². The average molecular weight is 499 g/mol. The molecule has 1 atom stereocenters. The van der Waals surface area contributed by atoms with Gasteiger partial charge in [-0.05, 0) is 48.4 Å². The zero-order valence-corrected chi connectivity index (χ0v) is 20.8. The Morgan fingerprint density at radius 3 is 2.32 bits per heavy atom. The number of aromatic nitrogens is 1. The van der Waals surface area contributed by atoms with Gasteiger partial charge in [0.15, 0.2) is 0 Å². The van der Waals surface area contributed by atoms with Crippen molar-refractivity contribution in [3.63, 3.8) is 0 Å². The molecule has 37 heavy (non-hydrogen) atoms. The SMILES string of the molecule is Cc1ccccc1C(=O)N1CCC2(CC1)OCC(C(=O)NCc1ccncc1)N2C(=O)c1ccccc1. The smallest absolute Gasteiger partial charge is 0.256 e. The standard InChI is InChI=1S/C29H30N4O4/c1-21-7-5-6-10-24(21)28(36)32-17-13-29(14-18-32)33(27(35)23-8-3-2-4-9-23)25(20-37-29)26(34)31-19-22-11-15-30-16-12-22/h2-12,15-16,25H,13-14,17-20H2,1H3,(H,31,34). The van der Waals surface area contributed by atoms with Gasteiger partial charge in [0.05, 0.1) is 6.61 Å². The Bertz CT molecular complexity index is 1270. The summed E-state index contributed by atoms with van der Waals surface area (Å²) in [4.78, 5) is 47.7. The molecule has 1 aromatic heterocycles. The summed E-state index contributed by atoms with van der Waals surface area (Å²) < 4.78 is 6.28. The van der Waals surface area contributed by atoms with E-state index in [2.05, 4.69) is 10.3 Å². The maximum absolute atomic E-state index is 13.8. The van der Waals surface area contributed by atoms with Gasteiger partial charge in [-0.2, -0.15) is 0 Å². The minimum absolute atomic E-state index is 0.0291. The highest BCUT2D eigenvalue weighted by Gasteiger charge is 2.54. The molecular weight excluding hydrogens is 468 g/mol. The van der Waals surface area contributed by atoms with Crippen molar-refractivity contribution in [1.82, 2.24) is 20.1 Å². The van der Waals surface area contributed by atoms with Crippen molar-refractivity contribution in [3.05, 3.63) is 101 Å². The third-order valence-electron chi connectivity index (χ3n) is 7.23. The summed E-state index contributed by atoms with van der Waals surface area (Å²) in [6, 6.07) is 19.4. The molecule has 1 N–H and O–H groups in total. The maximum atomic E-state index is 13.8. The van der Waals surface area contributed by atoms with E-state index in [1.165, 1.54) is 0 Å². The number of hydrogen-bond acceptors (Lipinski definition) is 5. The number of hydrogen-bond donors (Lipinski definition) is 1. The van der Waals surface area contributed by atoms with Gasteiger partial charge in [-0.15, -0.1) is 0 Å². The van der Waals surface area contributed by atoms with Crippen LogP contribution in [0.2, 0.25) is 0 Å². The number of rotatable bonds is 5. The fraction of sp³-hybridized carbons (Fsp3) is 0.310. The monoisotopic (exact) mass is 498 g/mol. The second-order valence-electron chi connectivity index (χ2n) is 9.49. The Balaban J connectivity index is 1.36. The van der Waals surface area contributed by atoms with Gasteiger partial charge in [-0.3, -0.25) is 24.3 Å². The van der Waals surface area contributed by atoms with Crippen LogP contribution < -0.4 is 5.32 Å². The predicted molar refractivity (Wildman–Crippen MR) is 137 cm³/mol. The molecule has 0 saturated carbocycles. The fourth-order valence-electron chi connectivity index (χ4n) is 5.14. The molecule has 2 saturated heterocycles. The molecule has 190 valence electrons. The van der Waals surface area contributed by atoms with Crippen molar-refractivity contribution in [2.45, 2.75) is 38.1 Å². The Labute approximate surface area is 216 Å². The van der Waals surface area contributed by atoms with Crippen molar-refractivity contribution in [2.75, 3.05) is 19.7 Å². The average Bonchev–Trinajstić information content (AvgIpc) is 3.31. The number of aryl methyl sites for hydroxylation is 1. The molecule has 0 radical (unpaired) electrons. The van der Waals surface area contributed by atoms with Gasteiger partial charge in [-0.25, -0.2) is 0 Å². The second-order valence-corrected chi connectivity index (χ2v) is 9.49. The Morgan fingerprint density at radius 1 is 0.946 bits per heavy atom. The van der Waals surface area contributed by atoms with Crippen LogP contribution >= 0.6 is 0 Å². The number of amides is 3. The van der Waals surface area contributed by atoms with Gasteiger partial charge in [0.2, 0.25) is 5.91 Å². The van der Waals surface area contributed by atoms with E-state index in [0.717, 1.165) is 11.1 Å². The van der Waals surface area contributed by atoms with E-state index in [1.54, 1.807) is 46.5 Å². The number of piperidine rings is 1. The lowest BCUT2D eigenvalue weighted by molar-refractivity contribution is -0.128. The molecule has 0 bridgehead atoms. The molecule has 8 heteroatoms. The van der Waals surface area contributed by atoms with E-state index in [9.17, 15) is 14.4 Å². The largest absolute Gasteiger partial charge is 0.353 e. The molecule has 2 aliphatic heterocycles. The molecule has 2 aromatic carbocycles. The maximum Gasteiger partial charge on any atom is 0.256 e. The van der Waals surface area contributed by atoms with Crippen molar-refractivity contribution in [3.8, 4) is 0 Å². The number of likely N-dealkylation sites (tertiary alicyclic amines) is 1. The molecule has 2 fully saturated rings. The summed E-state index contributed by atoms with van der Waals surface area (Å²) in [6.45, 7) is 3.21. The summed E-state index contributed by atoms with van der Waals surface area (Å²) >= 11 is 0. The van der Waals surface area contributed by atoms with Crippen molar-refractivity contribution < 1.29 is 19.1 Å². The summed E-state index contributed by atoms with van der Waals surface area (Å²) in [5, 5.41) is 2.95. The van der Waals surface area contributed by atoms with Crippen LogP contribution in [0.1, 0.15) is 44.7 Å². The van der Waals surface area contributed by atoms with Crippen LogP contribution in [0.25, 0.3) is 0 Å². The first-order chi connectivity index (χ1) is 18.0. The highest BCUT2D eigenvalue weighted by molar-refractivity contribution is 5.99. The topological polar surface area (TPSA) is 91.8 Å². The molecule has 3 amide bonds. The lowest BCUT2D eigenvalue weighted by Crippen LogP contribution is -2.59. The van der Waals surface area contributed by atoms with Gasteiger partial charge in [0.1, 0.15) is 11.8 Å². The van der Waals surface area contributed by atoms with Gasteiger partial charge < -0.3 is 15.0 Å². The number of carbonyl (C=O) groups excluding carboxylic acids is 3. The Kier molecular flexibility index (Phi) is 7.01. The van der Waals surface area contributed by atoms with Gasteiger partial charge in [-0.1, -0.05) is 36.4 Å². The predicted octanol–water partition coefficient (Wildman–Crippen LogP) is 3.18. The molecule has 5 rings (SSSR count). The number of carbonyl (C=O) groups is 3. The van der Waals surface area contributed by atoms with Crippen LogP contribution in [-0.4, -0.2) is 64.0 Å². The van der Waals surface area contributed by atoms with E-state index >= 15 is 0 Å². The van der Waals surface area contributed by atoms with Crippen LogP contribution in [0.4, 0.5) is 0 Å². The molecule has 3 aromatic rings. The second kappa shape index (κ2) is 10.5. The molecule has 1 unspecified atom stereocenters. The van der Waals surface area contributed by atoms with E-state index in [-0.39, 0.29) is 24.3 Å². The van der Waals surface area contributed by atoms with Gasteiger partial charge >= 0.3 is 0 Å². The molecule has 1 spiro atoms. The van der Waals surface area contributed by atoms with E-state index in [1.807, 2.05) is 49.4 Å². The van der Waals surface area contributed by atoms with Crippen LogP contribution in [0.15, 0.2) is 79.1 Å². The minimum Gasteiger partial charge on any atom is -0.353 e. The molecule has 8 nitrogen and oxygen atoms in total. The van der Waals surface area contributed by atoms with Crippen molar-refractivity contribution >= 4 is 17.7 Å². The van der Waals surface area contributed by atoms with Crippen LogP contribution in [-0.2, 0) is 16.1 Å². The quantitative estimate of drug-likeness (QED) is 0.584. The van der Waals surface area contributed by atoms with Gasteiger partial charge in [0, 0.05) is 56.0 Å². The molecule has 2 aliphatic rings. The number of ether oxygens (including phenoxy) is 1. The number of benzene rings is 2. The lowest BCUT2D eigenvalue weighted by atomic mass is 9.95. The molecular formula is C29H30N4O4. The number of pyridine rings is 1. The van der Waals surface area contributed by atoms with Crippen LogP contribution in [0.5, 0.6) is 0 Å². The number of nitrogens with one attached hydrogen (secondary N) is 1. The highest BCUT2D eigenvalue weighted by Crippen LogP contribution is 2.39. The molecule has 0 aliphatic carbocycles. The third kappa shape index (κ3) is 4.97. The van der Waals surface area contributed by atoms with Crippen molar-refractivity contribution in [2.24, 2.45) is 0 Å². The first-order valence-corrected chi connectivity index (χ1v) is 12.5. The summed E-state index contributed by atoms with van der Waals surface area (Å²) in [5.41, 5.74) is 2.07. The zero-order chi connectivity index (χ0) is 25.8.